The summed E-state index contributed by atoms with van der Waals surface area (Å²) in [4.78, 5) is 0. The number of para-hydroxylation sites is 1. The normalized spacial score (nSPS) is 23.3. The summed E-state index contributed by atoms with van der Waals surface area (Å²) in [5, 5.41) is 3.52. The molecule has 19 heavy (non-hydrogen) atoms. The van der Waals surface area contributed by atoms with Gasteiger partial charge in [0.25, 0.3) is 0 Å². The maximum absolute atomic E-state index is 6.03. The zero-order valence-electron chi connectivity index (χ0n) is 12.0. The maximum atomic E-state index is 6.03. The quantitative estimate of drug-likeness (QED) is 0.800. The van der Waals surface area contributed by atoms with Gasteiger partial charge < -0.3 is 14.8 Å². The van der Waals surface area contributed by atoms with Gasteiger partial charge in [0.15, 0.2) is 0 Å². The number of benzene rings is 1. The molecule has 0 aromatic heterocycles. The van der Waals surface area contributed by atoms with Gasteiger partial charge in [-0.2, -0.15) is 0 Å². The van der Waals surface area contributed by atoms with Gasteiger partial charge >= 0.3 is 0 Å². The lowest BCUT2D eigenvalue weighted by Gasteiger charge is -2.33. The summed E-state index contributed by atoms with van der Waals surface area (Å²) < 4.78 is 11.5. The van der Waals surface area contributed by atoms with Gasteiger partial charge in [-0.25, -0.2) is 0 Å². The van der Waals surface area contributed by atoms with E-state index in [1.807, 2.05) is 12.1 Å². The van der Waals surface area contributed by atoms with Gasteiger partial charge in [-0.1, -0.05) is 25.1 Å². The third-order valence-corrected chi connectivity index (χ3v) is 3.72. The highest BCUT2D eigenvalue weighted by Crippen LogP contribution is 2.37. The lowest BCUT2D eigenvalue weighted by Crippen LogP contribution is -2.32. The van der Waals surface area contributed by atoms with E-state index in [9.17, 15) is 0 Å². The van der Waals surface area contributed by atoms with Gasteiger partial charge in [0.1, 0.15) is 5.75 Å². The van der Waals surface area contributed by atoms with E-state index in [1.54, 1.807) is 7.11 Å². The molecule has 1 fully saturated rings. The zero-order chi connectivity index (χ0) is 13.5. The Balaban J connectivity index is 2.09. The van der Waals surface area contributed by atoms with Crippen LogP contribution in [-0.2, 0) is 4.74 Å². The monoisotopic (exact) mass is 263 g/mol. The number of hydrogen-bond acceptors (Lipinski definition) is 3. The van der Waals surface area contributed by atoms with E-state index >= 15 is 0 Å². The van der Waals surface area contributed by atoms with Crippen molar-refractivity contribution < 1.29 is 9.47 Å². The second-order valence-electron chi connectivity index (χ2n) is 5.14. The topological polar surface area (TPSA) is 30.5 Å². The zero-order valence-corrected chi connectivity index (χ0v) is 12.0. The molecule has 1 saturated heterocycles. The largest absolute Gasteiger partial charge is 0.496 e. The smallest absolute Gasteiger partial charge is 0.124 e. The molecule has 1 N–H and O–H groups in total. The molecular formula is C16H25NO2. The molecule has 2 rings (SSSR count). The third kappa shape index (κ3) is 3.71. The third-order valence-electron chi connectivity index (χ3n) is 3.72. The van der Waals surface area contributed by atoms with Crippen molar-refractivity contribution in [2.45, 2.75) is 32.3 Å². The molecule has 0 aliphatic carbocycles. The first-order valence-corrected chi connectivity index (χ1v) is 7.32. The molecule has 0 saturated carbocycles. The Kier molecular flexibility index (Phi) is 5.67. The molecule has 1 aromatic rings. The Bertz CT molecular complexity index is 381. The van der Waals surface area contributed by atoms with Crippen molar-refractivity contribution in [2.24, 2.45) is 5.92 Å². The highest BCUT2D eigenvalue weighted by atomic mass is 16.5. The van der Waals surface area contributed by atoms with Crippen molar-refractivity contribution in [1.29, 1.82) is 0 Å². The van der Waals surface area contributed by atoms with Crippen LogP contribution in [0.1, 0.15) is 37.9 Å². The van der Waals surface area contributed by atoms with Crippen LogP contribution in [0.25, 0.3) is 0 Å². The maximum Gasteiger partial charge on any atom is 0.124 e. The van der Waals surface area contributed by atoms with Gasteiger partial charge in [0.05, 0.1) is 13.2 Å². The molecule has 2 atom stereocenters. The van der Waals surface area contributed by atoms with Gasteiger partial charge in [0.2, 0.25) is 0 Å². The van der Waals surface area contributed by atoms with Gasteiger partial charge in [-0.3, -0.25) is 0 Å². The van der Waals surface area contributed by atoms with Crippen LogP contribution in [0.2, 0.25) is 0 Å². The Morgan fingerprint density at radius 3 is 3.00 bits per heavy atom. The first-order chi connectivity index (χ1) is 9.36. The van der Waals surface area contributed by atoms with Crippen LogP contribution in [0, 0.1) is 5.92 Å². The molecule has 1 aliphatic heterocycles. The molecule has 1 aliphatic rings. The molecule has 2 unspecified atom stereocenters. The minimum Gasteiger partial charge on any atom is -0.496 e. The number of hydrogen-bond donors (Lipinski definition) is 1. The van der Waals surface area contributed by atoms with Crippen LogP contribution in [0.5, 0.6) is 5.75 Å². The summed E-state index contributed by atoms with van der Waals surface area (Å²) >= 11 is 0. The van der Waals surface area contributed by atoms with Crippen molar-refractivity contribution in [2.75, 3.05) is 26.8 Å². The van der Waals surface area contributed by atoms with Gasteiger partial charge in [0, 0.05) is 24.6 Å². The summed E-state index contributed by atoms with van der Waals surface area (Å²) in [5.41, 5.74) is 1.19. The second kappa shape index (κ2) is 7.51. The number of nitrogens with one attached hydrogen (secondary N) is 1. The fourth-order valence-corrected chi connectivity index (χ4v) is 2.76. The van der Waals surface area contributed by atoms with E-state index < -0.39 is 0 Å². The van der Waals surface area contributed by atoms with E-state index in [0.717, 1.165) is 31.9 Å². The molecule has 0 amide bonds. The molecule has 0 bridgehead atoms. The SMILES string of the molecule is CCCNCC1CCCOC1c1ccccc1OC. The summed E-state index contributed by atoms with van der Waals surface area (Å²) in [6.07, 6.45) is 3.71. The highest BCUT2D eigenvalue weighted by molar-refractivity contribution is 5.35. The predicted octanol–water partition coefficient (Wildman–Crippen LogP) is 3.16. The van der Waals surface area contributed by atoms with E-state index in [2.05, 4.69) is 24.4 Å². The fourth-order valence-electron chi connectivity index (χ4n) is 2.76. The Morgan fingerprint density at radius 2 is 2.21 bits per heavy atom. The number of rotatable bonds is 6. The molecule has 3 nitrogen and oxygen atoms in total. The van der Waals surface area contributed by atoms with Crippen LogP contribution >= 0.6 is 0 Å². The fraction of sp³-hybridized carbons (Fsp3) is 0.625. The first kappa shape index (κ1) is 14.4. The van der Waals surface area contributed by atoms with Gasteiger partial charge in [-0.15, -0.1) is 0 Å². The molecule has 1 heterocycles. The van der Waals surface area contributed by atoms with E-state index in [-0.39, 0.29) is 6.10 Å². The van der Waals surface area contributed by atoms with Gasteiger partial charge in [-0.05, 0) is 31.9 Å². The molecule has 0 radical (unpaired) electrons. The average Bonchev–Trinajstić information content (AvgIpc) is 2.48. The Morgan fingerprint density at radius 1 is 1.37 bits per heavy atom. The summed E-state index contributed by atoms with van der Waals surface area (Å²) in [5.74, 6) is 1.48. The molecule has 106 valence electrons. The minimum atomic E-state index is 0.161. The van der Waals surface area contributed by atoms with Crippen molar-refractivity contribution in [3.05, 3.63) is 29.8 Å². The number of ether oxygens (including phenoxy) is 2. The van der Waals surface area contributed by atoms with E-state index in [1.165, 1.54) is 18.4 Å². The van der Waals surface area contributed by atoms with Crippen LogP contribution in [0.15, 0.2) is 24.3 Å². The Hall–Kier alpha value is -1.06. The summed E-state index contributed by atoms with van der Waals surface area (Å²) in [6.45, 7) is 5.15. The van der Waals surface area contributed by atoms with E-state index in [0.29, 0.717) is 5.92 Å². The first-order valence-electron chi connectivity index (χ1n) is 7.32. The van der Waals surface area contributed by atoms with Crippen LogP contribution < -0.4 is 10.1 Å². The van der Waals surface area contributed by atoms with Crippen LogP contribution in [-0.4, -0.2) is 26.8 Å². The van der Waals surface area contributed by atoms with Crippen molar-refractivity contribution in [3.8, 4) is 5.75 Å². The predicted molar refractivity (Wildman–Crippen MR) is 77.6 cm³/mol. The number of methoxy groups -OCH3 is 1. The Labute approximate surface area is 116 Å². The molecule has 1 aromatic carbocycles. The summed E-state index contributed by atoms with van der Waals surface area (Å²) in [6, 6.07) is 8.22. The lowest BCUT2D eigenvalue weighted by atomic mass is 9.89. The molecule has 3 heteroatoms. The van der Waals surface area contributed by atoms with Crippen molar-refractivity contribution in [1.82, 2.24) is 5.32 Å². The van der Waals surface area contributed by atoms with E-state index in [4.69, 9.17) is 9.47 Å². The standard InChI is InChI=1S/C16H25NO2/c1-3-10-17-12-13-7-6-11-19-16(13)14-8-4-5-9-15(14)18-2/h4-5,8-9,13,16-17H,3,6-7,10-12H2,1-2H3. The lowest BCUT2D eigenvalue weighted by molar-refractivity contribution is -0.0288. The van der Waals surface area contributed by atoms with Crippen molar-refractivity contribution >= 4 is 0 Å². The highest BCUT2D eigenvalue weighted by Gasteiger charge is 2.29. The second-order valence-corrected chi connectivity index (χ2v) is 5.14. The average molecular weight is 263 g/mol. The van der Waals surface area contributed by atoms with Crippen LogP contribution in [0.3, 0.4) is 0 Å². The molecule has 0 spiro atoms. The minimum absolute atomic E-state index is 0.161. The van der Waals surface area contributed by atoms with Crippen LogP contribution in [0.4, 0.5) is 0 Å². The molecular weight excluding hydrogens is 238 g/mol. The summed E-state index contributed by atoms with van der Waals surface area (Å²) in [7, 11) is 1.73. The van der Waals surface area contributed by atoms with Crippen molar-refractivity contribution in [3.63, 3.8) is 0 Å².